The molecule has 16 heavy (non-hydrogen) atoms. The van der Waals surface area contributed by atoms with Crippen molar-refractivity contribution in [1.82, 2.24) is 10.2 Å². The number of hydrogen-bond acceptors (Lipinski definition) is 4. The van der Waals surface area contributed by atoms with Crippen molar-refractivity contribution in [2.24, 2.45) is 0 Å². The highest BCUT2D eigenvalue weighted by atomic mass is 32.1. The van der Waals surface area contributed by atoms with Gasteiger partial charge in [-0.1, -0.05) is 13.8 Å². The van der Waals surface area contributed by atoms with Gasteiger partial charge >= 0.3 is 0 Å². The fourth-order valence-corrected chi connectivity index (χ4v) is 2.21. The third-order valence-corrected chi connectivity index (χ3v) is 3.05. The molecule has 0 aromatic carbocycles. The SMILES string of the molecule is CC(C)NCC(O)CN(C)Cc1ccsc1. The molecule has 0 aliphatic rings. The molecule has 92 valence electrons. The van der Waals surface area contributed by atoms with Crippen LogP contribution in [-0.2, 0) is 6.54 Å². The Labute approximate surface area is 102 Å². The minimum Gasteiger partial charge on any atom is -0.390 e. The van der Waals surface area contributed by atoms with Gasteiger partial charge in [0.15, 0.2) is 0 Å². The van der Waals surface area contributed by atoms with E-state index in [1.54, 1.807) is 11.3 Å². The number of thiophene rings is 1. The first-order valence-electron chi connectivity index (χ1n) is 5.69. The zero-order chi connectivity index (χ0) is 12.0. The van der Waals surface area contributed by atoms with Gasteiger partial charge in [-0.2, -0.15) is 11.3 Å². The van der Waals surface area contributed by atoms with Gasteiger partial charge in [-0.15, -0.1) is 0 Å². The van der Waals surface area contributed by atoms with Gasteiger partial charge in [0.2, 0.25) is 0 Å². The number of rotatable bonds is 7. The molecule has 0 radical (unpaired) electrons. The van der Waals surface area contributed by atoms with Crippen LogP contribution in [0, 0.1) is 0 Å². The summed E-state index contributed by atoms with van der Waals surface area (Å²) >= 11 is 1.71. The molecule has 0 aliphatic heterocycles. The molecule has 0 amide bonds. The molecule has 0 spiro atoms. The maximum absolute atomic E-state index is 9.80. The fraction of sp³-hybridized carbons (Fsp3) is 0.667. The number of aliphatic hydroxyl groups excluding tert-OH is 1. The van der Waals surface area contributed by atoms with Crippen LogP contribution in [-0.4, -0.2) is 42.3 Å². The minimum atomic E-state index is -0.300. The van der Waals surface area contributed by atoms with E-state index in [0.29, 0.717) is 19.1 Å². The van der Waals surface area contributed by atoms with Crippen LogP contribution < -0.4 is 5.32 Å². The monoisotopic (exact) mass is 242 g/mol. The van der Waals surface area contributed by atoms with Crippen LogP contribution in [0.15, 0.2) is 16.8 Å². The first-order valence-corrected chi connectivity index (χ1v) is 6.63. The second-order valence-corrected chi connectivity index (χ2v) is 5.33. The van der Waals surface area contributed by atoms with Gasteiger partial charge in [0, 0.05) is 25.7 Å². The average Bonchev–Trinajstić information content (AvgIpc) is 2.67. The normalized spacial score (nSPS) is 13.6. The Hall–Kier alpha value is -0.420. The van der Waals surface area contributed by atoms with Gasteiger partial charge in [0.25, 0.3) is 0 Å². The molecular formula is C12H22N2OS. The predicted molar refractivity (Wildman–Crippen MR) is 69.8 cm³/mol. The highest BCUT2D eigenvalue weighted by molar-refractivity contribution is 7.07. The summed E-state index contributed by atoms with van der Waals surface area (Å²) in [5, 5.41) is 17.3. The van der Waals surface area contributed by atoms with Crippen LogP contribution in [0.2, 0.25) is 0 Å². The molecule has 3 nitrogen and oxygen atoms in total. The lowest BCUT2D eigenvalue weighted by Gasteiger charge is -2.21. The Balaban J connectivity index is 2.20. The molecule has 4 heteroatoms. The highest BCUT2D eigenvalue weighted by Gasteiger charge is 2.09. The molecular weight excluding hydrogens is 220 g/mol. The summed E-state index contributed by atoms with van der Waals surface area (Å²) in [4.78, 5) is 2.15. The van der Waals surface area contributed by atoms with Gasteiger partial charge < -0.3 is 10.4 Å². The number of nitrogens with zero attached hydrogens (tertiary/aromatic N) is 1. The lowest BCUT2D eigenvalue weighted by molar-refractivity contribution is 0.119. The van der Waals surface area contributed by atoms with E-state index in [4.69, 9.17) is 0 Å². The third-order valence-electron chi connectivity index (χ3n) is 2.32. The molecule has 1 aromatic heterocycles. The number of likely N-dealkylation sites (N-methyl/N-ethyl adjacent to an activating group) is 1. The maximum atomic E-state index is 9.80. The van der Waals surface area contributed by atoms with Gasteiger partial charge in [-0.25, -0.2) is 0 Å². The topological polar surface area (TPSA) is 35.5 Å². The van der Waals surface area contributed by atoms with Gasteiger partial charge in [-0.05, 0) is 29.4 Å². The quantitative estimate of drug-likeness (QED) is 0.761. The minimum absolute atomic E-state index is 0.300. The molecule has 0 fully saturated rings. The summed E-state index contributed by atoms with van der Waals surface area (Å²) < 4.78 is 0. The summed E-state index contributed by atoms with van der Waals surface area (Å²) in [6.07, 6.45) is -0.300. The van der Waals surface area contributed by atoms with E-state index in [1.165, 1.54) is 5.56 Å². The van der Waals surface area contributed by atoms with E-state index in [2.05, 4.69) is 40.9 Å². The largest absolute Gasteiger partial charge is 0.390 e. The predicted octanol–water partition coefficient (Wildman–Crippen LogP) is 1.54. The van der Waals surface area contributed by atoms with E-state index in [-0.39, 0.29) is 6.10 Å². The average molecular weight is 242 g/mol. The number of aliphatic hydroxyl groups is 1. The van der Waals surface area contributed by atoms with Crippen LogP contribution in [0.25, 0.3) is 0 Å². The summed E-state index contributed by atoms with van der Waals surface area (Å²) in [5.74, 6) is 0. The Morgan fingerprint density at radius 1 is 1.50 bits per heavy atom. The summed E-state index contributed by atoms with van der Waals surface area (Å²) in [7, 11) is 2.04. The molecule has 0 aliphatic carbocycles. The van der Waals surface area contributed by atoms with Crippen LogP contribution >= 0.6 is 11.3 Å². The van der Waals surface area contributed by atoms with Crippen molar-refractivity contribution in [2.75, 3.05) is 20.1 Å². The smallest absolute Gasteiger partial charge is 0.0791 e. The van der Waals surface area contributed by atoms with Gasteiger partial charge in [0.05, 0.1) is 6.10 Å². The Kier molecular flexibility index (Phi) is 5.98. The van der Waals surface area contributed by atoms with Crippen molar-refractivity contribution >= 4 is 11.3 Å². The molecule has 1 atom stereocenters. The van der Waals surface area contributed by atoms with E-state index >= 15 is 0 Å². The van der Waals surface area contributed by atoms with Crippen molar-refractivity contribution < 1.29 is 5.11 Å². The summed E-state index contributed by atoms with van der Waals surface area (Å²) in [6, 6.07) is 2.55. The Morgan fingerprint density at radius 3 is 2.81 bits per heavy atom. The maximum Gasteiger partial charge on any atom is 0.0791 e. The molecule has 0 saturated heterocycles. The van der Waals surface area contributed by atoms with Crippen molar-refractivity contribution in [1.29, 1.82) is 0 Å². The van der Waals surface area contributed by atoms with Crippen LogP contribution in [0.4, 0.5) is 0 Å². The van der Waals surface area contributed by atoms with Crippen LogP contribution in [0.5, 0.6) is 0 Å². The van der Waals surface area contributed by atoms with E-state index in [9.17, 15) is 5.11 Å². The van der Waals surface area contributed by atoms with E-state index in [0.717, 1.165) is 6.54 Å². The lowest BCUT2D eigenvalue weighted by Crippen LogP contribution is -2.38. The van der Waals surface area contributed by atoms with Crippen molar-refractivity contribution in [3.05, 3.63) is 22.4 Å². The third kappa shape index (κ3) is 5.61. The standard InChI is InChI=1S/C12H22N2OS/c1-10(2)13-6-12(15)8-14(3)7-11-4-5-16-9-11/h4-5,9-10,12-13,15H,6-8H2,1-3H3. The fourth-order valence-electron chi connectivity index (χ4n) is 1.55. The Morgan fingerprint density at radius 2 is 2.25 bits per heavy atom. The summed E-state index contributed by atoms with van der Waals surface area (Å²) in [6.45, 7) is 6.44. The van der Waals surface area contributed by atoms with Crippen molar-refractivity contribution in [3.8, 4) is 0 Å². The molecule has 1 unspecified atom stereocenters. The van der Waals surface area contributed by atoms with E-state index in [1.807, 2.05) is 7.05 Å². The molecule has 1 rings (SSSR count). The number of hydrogen-bond donors (Lipinski definition) is 2. The molecule has 1 aromatic rings. The molecule has 1 heterocycles. The van der Waals surface area contributed by atoms with Gasteiger partial charge in [-0.3, -0.25) is 4.90 Å². The second-order valence-electron chi connectivity index (χ2n) is 4.55. The molecule has 0 bridgehead atoms. The van der Waals surface area contributed by atoms with E-state index < -0.39 is 0 Å². The zero-order valence-electron chi connectivity index (χ0n) is 10.3. The van der Waals surface area contributed by atoms with Crippen LogP contribution in [0.1, 0.15) is 19.4 Å². The second kappa shape index (κ2) is 7.01. The Bertz CT molecular complexity index is 275. The summed E-state index contributed by atoms with van der Waals surface area (Å²) in [5.41, 5.74) is 1.32. The molecule has 2 N–H and O–H groups in total. The lowest BCUT2D eigenvalue weighted by atomic mass is 10.2. The molecule has 0 saturated carbocycles. The van der Waals surface area contributed by atoms with Crippen LogP contribution in [0.3, 0.4) is 0 Å². The number of nitrogens with one attached hydrogen (secondary N) is 1. The highest BCUT2D eigenvalue weighted by Crippen LogP contribution is 2.08. The van der Waals surface area contributed by atoms with Crippen molar-refractivity contribution in [2.45, 2.75) is 32.5 Å². The first-order chi connectivity index (χ1) is 7.58. The zero-order valence-corrected chi connectivity index (χ0v) is 11.1. The van der Waals surface area contributed by atoms with Crippen molar-refractivity contribution in [3.63, 3.8) is 0 Å². The van der Waals surface area contributed by atoms with Gasteiger partial charge in [0.1, 0.15) is 0 Å². The first kappa shape index (κ1) is 13.6.